The number of rotatable bonds is 6. The van der Waals surface area contributed by atoms with Gasteiger partial charge in [0.15, 0.2) is 0 Å². The molecule has 0 aliphatic heterocycles. The lowest BCUT2D eigenvalue weighted by Crippen LogP contribution is -2.36. The van der Waals surface area contributed by atoms with Gasteiger partial charge in [0.1, 0.15) is 5.78 Å². The fourth-order valence-electron chi connectivity index (χ4n) is 6.91. The number of aliphatic hydroxyl groups excluding tert-OH is 2. The molecule has 0 aromatic rings. The number of hydrogen-bond acceptors (Lipinski definition) is 3. The van der Waals surface area contributed by atoms with Crippen LogP contribution in [-0.2, 0) is 4.79 Å². The van der Waals surface area contributed by atoms with Gasteiger partial charge in [-0.3, -0.25) is 4.79 Å². The van der Waals surface area contributed by atoms with Gasteiger partial charge < -0.3 is 10.2 Å². The van der Waals surface area contributed by atoms with Gasteiger partial charge >= 0.3 is 0 Å². The van der Waals surface area contributed by atoms with Gasteiger partial charge in [-0.1, -0.05) is 64.3 Å². The van der Waals surface area contributed by atoms with Crippen LogP contribution in [0.4, 0.5) is 0 Å². The highest BCUT2D eigenvalue weighted by atomic mass is 16.3. The first kappa shape index (κ1) is 24.7. The number of aliphatic hydroxyl groups is 2. The second-order valence-electron chi connectivity index (χ2n) is 12.2. The summed E-state index contributed by atoms with van der Waals surface area (Å²) in [6, 6.07) is 0. The zero-order valence-corrected chi connectivity index (χ0v) is 20.6. The number of carbonyl (C=O) groups is 1. The van der Waals surface area contributed by atoms with Gasteiger partial charge in [-0.05, 0) is 81.0 Å². The molecule has 0 bridgehead atoms. The minimum atomic E-state index is -0.396. The molecule has 176 valence electrons. The fourth-order valence-corrected chi connectivity index (χ4v) is 6.91. The molecule has 3 rings (SSSR count). The van der Waals surface area contributed by atoms with Crippen molar-refractivity contribution < 1.29 is 15.0 Å². The van der Waals surface area contributed by atoms with Crippen LogP contribution in [0.2, 0.25) is 0 Å². The SMILES string of the molecule is C[C@H](CCCC(=O)C(C)(C)C)[C@H]1CC[C@H]2/C(=C/C=C3C[C@@H](O)C[C@H](O)C3)CCC[C@]12C. The van der Waals surface area contributed by atoms with Gasteiger partial charge in [0, 0.05) is 11.8 Å². The van der Waals surface area contributed by atoms with Crippen molar-refractivity contribution in [3.8, 4) is 0 Å². The zero-order valence-electron chi connectivity index (χ0n) is 20.6. The summed E-state index contributed by atoms with van der Waals surface area (Å²) in [5, 5.41) is 20.0. The normalized spacial score (nSPS) is 36.4. The maximum atomic E-state index is 12.3. The smallest absolute Gasteiger partial charge is 0.138 e. The van der Waals surface area contributed by atoms with E-state index < -0.39 is 12.2 Å². The molecule has 0 heterocycles. The van der Waals surface area contributed by atoms with Crippen molar-refractivity contribution >= 4 is 5.78 Å². The van der Waals surface area contributed by atoms with Crippen LogP contribution < -0.4 is 0 Å². The van der Waals surface area contributed by atoms with Crippen LogP contribution in [-0.4, -0.2) is 28.2 Å². The third-order valence-electron chi connectivity index (χ3n) is 8.70. The largest absolute Gasteiger partial charge is 0.393 e. The third kappa shape index (κ3) is 5.90. The maximum absolute atomic E-state index is 12.3. The molecule has 3 heteroatoms. The van der Waals surface area contributed by atoms with Crippen LogP contribution in [0.15, 0.2) is 23.3 Å². The Bertz CT molecular complexity index is 686. The molecule has 31 heavy (non-hydrogen) atoms. The molecule has 0 saturated heterocycles. The summed E-state index contributed by atoms with van der Waals surface area (Å²) >= 11 is 0. The van der Waals surface area contributed by atoms with E-state index in [0.717, 1.165) is 25.2 Å². The lowest BCUT2D eigenvalue weighted by atomic mass is 9.60. The summed E-state index contributed by atoms with van der Waals surface area (Å²) in [5.41, 5.74) is 2.95. The van der Waals surface area contributed by atoms with Crippen LogP contribution in [0.5, 0.6) is 0 Å². The predicted molar refractivity (Wildman–Crippen MR) is 128 cm³/mol. The lowest BCUT2D eigenvalue weighted by molar-refractivity contribution is -0.126. The van der Waals surface area contributed by atoms with Crippen molar-refractivity contribution in [2.45, 2.75) is 117 Å². The van der Waals surface area contributed by atoms with Crippen LogP contribution in [0.25, 0.3) is 0 Å². The van der Waals surface area contributed by atoms with Crippen molar-refractivity contribution in [3.05, 3.63) is 23.3 Å². The number of Topliss-reactive ketones (excluding diaryl/α,β-unsaturated/α-hetero) is 1. The average molecular weight is 431 g/mol. The highest BCUT2D eigenvalue weighted by Crippen LogP contribution is 2.59. The molecular weight excluding hydrogens is 384 g/mol. The topological polar surface area (TPSA) is 57.5 Å². The van der Waals surface area contributed by atoms with Gasteiger partial charge in [0.25, 0.3) is 0 Å². The maximum Gasteiger partial charge on any atom is 0.138 e. The summed E-state index contributed by atoms with van der Waals surface area (Å²) in [5.74, 6) is 2.48. The third-order valence-corrected chi connectivity index (χ3v) is 8.70. The number of hydrogen-bond donors (Lipinski definition) is 2. The number of carbonyl (C=O) groups excluding carboxylic acids is 1. The summed E-state index contributed by atoms with van der Waals surface area (Å²) in [6.45, 7) is 11.0. The minimum absolute atomic E-state index is 0.213. The van der Waals surface area contributed by atoms with Crippen molar-refractivity contribution in [3.63, 3.8) is 0 Å². The summed E-state index contributed by atoms with van der Waals surface area (Å²) in [6.07, 6.45) is 14.9. The molecule has 3 saturated carbocycles. The van der Waals surface area contributed by atoms with Gasteiger partial charge in [-0.25, -0.2) is 0 Å². The number of ketones is 1. The van der Waals surface area contributed by atoms with Crippen molar-refractivity contribution in [2.24, 2.45) is 28.6 Å². The Morgan fingerprint density at radius 1 is 1.16 bits per heavy atom. The average Bonchev–Trinajstić information content (AvgIpc) is 3.02. The van der Waals surface area contributed by atoms with E-state index in [1.54, 1.807) is 5.57 Å². The van der Waals surface area contributed by atoms with Gasteiger partial charge in [-0.15, -0.1) is 0 Å². The molecule has 0 unspecified atom stereocenters. The number of allylic oxidation sites excluding steroid dienone is 3. The Labute approximate surface area is 190 Å². The molecule has 6 atom stereocenters. The molecule has 3 fully saturated rings. The molecule has 3 aliphatic rings. The van der Waals surface area contributed by atoms with Crippen LogP contribution in [0.3, 0.4) is 0 Å². The second-order valence-corrected chi connectivity index (χ2v) is 12.2. The monoisotopic (exact) mass is 430 g/mol. The second kappa shape index (κ2) is 9.91. The molecule has 3 aliphatic carbocycles. The Kier molecular flexibility index (Phi) is 7.90. The summed E-state index contributed by atoms with van der Waals surface area (Å²) in [7, 11) is 0. The highest BCUT2D eigenvalue weighted by molar-refractivity contribution is 5.83. The molecule has 0 amide bonds. The van der Waals surface area contributed by atoms with Crippen molar-refractivity contribution in [1.82, 2.24) is 0 Å². The van der Waals surface area contributed by atoms with E-state index in [-0.39, 0.29) is 5.41 Å². The van der Waals surface area contributed by atoms with Gasteiger partial charge in [-0.2, -0.15) is 0 Å². The molecule has 2 N–H and O–H groups in total. The highest BCUT2D eigenvalue weighted by Gasteiger charge is 2.50. The summed E-state index contributed by atoms with van der Waals surface area (Å²) < 4.78 is 0. The first-order valence-corrected chi connectivity index (χ1v) is 12.8. The fraction of sp³-hybridized carbons (Fsp3) is 0.821. The van der Waals surface area contributed by atoms with Gasteiger partial charge in [0.2, 0.25) is 0 Å². The van der Waals surface area contributed by atoms with E-state index in [1.165, 1.54) is 37.7 Å². The van der Waals surface area contributed by atoms with Crippen molar-refractivity contribution in [2.75, 3.05) is 0 Å². The van der Waals surface area contributed by atoms with Crippen LogP contribution in [0.1, 0.15) is 105 Å². The predicted octanol–water partition coefficient (Wildman–Crippen LogP) is 6.38. The van der Waals surface area contributed by atoms with Crippen LogP contribution >= 0.6 is 0 Å². The Hall–Kier alpha value is -0.930. The molecule has 0 radical (unpaired) electrons. The van der Waals surface area contributed by atoms with E-state index in [9.17, 15) is 15.0 Å². The van der Waals surface area contributed by atoms with Crippen LogP contribution in [0, 0.1) is 28.6 Å². The lowest BCUT2D eigenvalue weighted by Gasteiger charge is -2.44. The first-order valence-electron chi connectivity index (χ1n) is 12.8. The Balaban J connectivity index is 1.63. The van der Waals surface area contributed by atoms with E-state index in [2.05, 4.69) is 26.0 Å². The molecule has 0 aromatic carbocycles. The van der Waals surface area contributed by atoms with Gasteiger partial charge in [0.05, 0.1) is 12.2 Å². The summed E-state index contributed by atoms with van der Waals surface area (Å²) in [4.78, 5) is 12.3. The minimum Gasteiger partial charge on any atom is -0.393 e. The zero-order chi connectivity index (χ0) is 22.8. The standard InChI is InChI=1S/C28H46O3/c1-19(8-6-10-26(31)27(2,3)4)24-13-14-25-21(9-7-15-28(24,25)5)12-11-20-16-22(29)18-23(30)17-20/h11-12,19,22-25,29-30H,6-10,13-18H2,1-5H3/b21-12+/t19-,22-,23-,24-,25+,28-/m1/s1. The van der Waals surface area contributed by atoms with E-state index >= 15 is 0 Å². The van der Waals surface area contributed by atoms with E-state index in [1.807, 2.05) is 20.8 Å². The Morgan fingerprint density at radius 2 is 1.84 bits per heavy atom. The van der Waals surface area contributed by atoms with E-state index in [0.29, 0.717) is 42.3 Å². The molecule has 0 spiro atoms. The Morgan fingerprint density at radius 3 is 2.48 bits per heavy atom. The molecular formula is C28H46O3. The van der Waals surface area contributed by atoms with E-state index in [4.69, 9.17) is 0 Å². The molecule has 3 nitrogen and oxygen atoms in total. The van der Waals surface area contributed by atoms with Crippen molar-refractivity contribution in [1.29, 1.82) is 0 Å². The quantitative estimate of drug-likeness (QED) is 0.514. The molecule has 0 aromatic heterocycles. The first-order chi connectivity index (χ1) is 14.5. The number of fused-ring (bicyclic) bond motifs is 1.